The number of phenols is 2. The number of esters is 1. The monoisotopic (exact) mass is 350 g/mol. The van der Waals surface area contributed by atoms with Crippen molar-refractivity contribution in [3.05, 3.63) is 58.6 Å². The minimum atomic E-state index is -1.18. The summed E-state index contributed by atoms with van der Waals surface area (Å²) in [5.41, 5.74) is 2.70. The number of benzene rings is 2. The highest BCUT2D eigenvalue weighted by atomic mass is 35.5. The zero-order valence-electron chi connectivity index (χ0n) is 13.1. The fourth-order valence-electron chi connectivity index (χ4n) is 2.16. The van der Waals surface area contributed by atoms with E-state index in [9.17, 15) is 15.0 Å². The third kappa shape index (κ3) is 4.38. The molecule has 1 atom stereocenters. The van der Waals surface area contributed by atoms with Gasteiger partial charge in [0.1, 0.15) is 12.1 Å². The van der Waals surface area contributed by atoms with Crippen molar-refractivity contribution < 1.29 is 19.7 Å². The highest BCUT2D eigenvalue weighted by molar-refractivity contribution is 6.30. The van der Waals surface area contributed by atoms with Crippen LogP contribution in [0.1, 0.15) is 18.1 Å². The number of aromatic hydroxyl groups is 2. The zero-order valence-corrected chi connectivity index (χ0v) is 13.9. The van der Waals surface area contributed by atoms with Crippen LogP contribution in [0.25, 0.3) is 0 Å². The molecule has 0 fully saturated rings. The number of carbonyl (C=O) groups is 1. The lowest BCUT2D eigenvalue weighted by Crippen LogP contribution is -2.55. The van der Waals surface area contributed by atoms with Gasteiger partial charge >= 0.3 is 5.97 Å². The first-order valence-corrected chi connectivity index (χ1v) is 7.62. The number of phenolic OH excluding ortho intramolecular Hbond substituents is 2. The number of hydrogen-bond donors (Lipinski definition) is 4. The van der Waals surface area contributed by atoms with Crippen LogP contribution >= 0.6 is 11.6 Å². The molecule has 2 rings (SSSR count). The van der Waals surface area contributed by atoms with Gasteiger partial charge in [0.15, 0.2) is 11.5 Å². The Bertz CT molecular complexity index is 721. The van der Waals surface area contributed by atoms with E-state index in [0.717, 1.165) is 5.56 Å². The predicted molar refractivity (Wildman–Crippen MR) is 90.5 cm³/mol. The third-order valence-corrected chi connectivity index (χ3v) is 3.90. The van der Waals surface area contributed by atoms with Crippen molar-refractivity contribution in [2.75, 3.05) is 0 Å². The molecule has 0 saturated carbocycles. The van der Waals surface area contributed by atoms with Crippen LogP contribution in [0.4, 0.5) is 0 Å². The number of nitrogens with one attached hydrogen (secondary N) is 1. The van der Waals surface area contributed by atoms with E-state index in [1.807, 2.05) is 0 Å². The van der Waals surface area contributed by atoms with Crippen molar-refractivity contribution in [2.45, 2.75) is 25.5 Å². The molecular formula is C17H19ClN2O4. The summed E-state index contributed by atoms with van der Waals surface area (Å²) >= 11 is 5.81. The molecule has 128 valence electrons. The maximum absolute atomic E-state index is 12.4. The Morgan fingerprint density at radius 3 is 2.38 bits per heavy atom. The molecule has 24 heavy (non-hydrogen) atoms. The van der Waals surface area contributed by atoms with Gasteiger partial charge in [-0.3, -0.25) is 5.84 Å². The van der Waals surface area contributed by atoms with Crippen molar-refractivity contribution in [2.24, 2.45) is 5.84 Å². The normalized spacial score (nSPS) is 13.3. The number of ether oxygens (including phenoxy) is 1. The summed E-state index contributed by atoms with van der Waals surface area (Å²) in [7, 11) is 0. The Labute approximate surface area is 144 Å². The summed E-state index contributed by atoms with van der Waals surface area (Å²) in [6, 6.07) is 11.3. The van der Waals surface area contributed by atoms with Gasteiger partial charge in [-0.2, -0.15) is 0 Å². The summed E-state index contributed by atoms with van der Waals surface area (Å²) in [6.45, 7) is 1.69. The fraction of sp³-hybridized carbons (Fsp3) is 0.235. The molecule has 0 radical (unpaired) electrons. The molecule has 2 aromatic rings. The van der Waals surface area contributed by atoms with Gasteiger partial charge in [0.25, 0.3) is 0 Å². The van der Waals surface area contributed by atoms with Crippen LogP contribution in [0.15, 0.2) is 42.5 Å². The molecule has 1 unspecified atom stereocenters. The second-order valence-corrected chi connectivity index (χ2v) is 6.12. The number of nitrogens with two attached hydrogens (primary N) is 1. The van der Waals surface area contributed by atoms with E-state index in [0.29, 0.717) is 10.6 Å². The van der Waals surface area contributed by atoms with Gasteiger partial charge < -0.3 is 14.9 Å². The lowest BCUT2D eigenvalue weighted by molar-refractivity contribution is -0.152. The Hall–Kier alpha value is -2.28. The minimum Gasteiger partial charge on any atom is -0.504 e. The van der Waals surface area contributed by atoms with Gasteiger partial charge in [-0.05, 0) is 42.3 Å². The molecule has 0 amide bonds. The molecule has 7 heteroatoms. The zero-order chi connectivity index (χ0) is 17.7. The lowest BCUT2D eigenvalue weighted by Gasteiger charge is -2.26. The summed E-state index contributed by atoms with van der Waals surface area (Å²) < 4.78 is 5.31. The maximum Gasteiger partial charge on any atom is 0.328 e. The van der Waals surface area contributed by atoms with Gasteiger partial charge in [-0.15, -0.1) is 0 Å². The van der Waals surface area contributed by atoms with Gasteiger partial charge in [0, 0.05) is 11.4 Å². The van der Waals surface area contributed by atoms with Crippen molar-refractivity contribution in [3.8, 4) is 11.5 Å². The number of carbonyl (C=O) groups excluding carboxylic acids is 1. The third-order valence-electron chi connectivity index (χ3n) is 3.65. The number of hydrogen-bond acceptors (Lipinski definition) is 6. The average Bonchev–Trinajstić information content (AvgIpc) is 2.57. The summed E-state index contributed by atoms with van der Waals surface area (Å²) in [5, 5.41) is 19.5. The average molecular weight is 351 g/mol. The SMILES string of the molecule is CC(Cc1ccc(O)c(O)c1)(NN)C(=O)OCc1ccc(Cl)cc1. The van der Waals surface area contributed by atoms with Crippen LogP contribution in [0.2, 0.25) is 5.02 Å². The Balaban J connectivity index is 2.05. The van der Waals surface area contributed by atoms with Gasteiger partial charge in [-0.25, -0.2) is 10.2 Å². The summed E-state index contributed by atoms with van der Waals surface area (Å²) in [5.74, 6) is 4.50. The van der Waals surface area contributed by atoms with Crippen molar-refractivity contribution in [1.29, 1.82) is 0 Å². The second-order valence-electron chi connectivity index (χ2n) is 5.68. The van der Waals surface area contributed by atoms with Gasteiger partial charge in [-0.1, -0.05) is 29.8 Å². The molecule has 0 aliphatic carbocycles. The first-order chi connectivity index (χ1) is 11.3. The molecule has 0 saturated heterocycles. The molecule has 0 spiro atoms. The van der Waals surface area contributed by atoms with E-state index >= 15 is 0 Å². The molecule has 0 aliphatic heterocycles. The molecule has 5 N–H and O–H groups in total. The molecule has 0 heterocycles. The minimum absolute atomic E-state index is 0.0914. The van der Waals surface area contributed by atoms with E-state index < -0.39 is 11.5 Å². The van der Waals surface area contributed by atoms with Crippen molar-refractivity contribution in [3.63, 3.8) is 0 Å². The van der Waals surface area contributed by atoms with Crippen molar-refractivity contribution >= 4 is 17.6 Å². The Morgan fingerprint density at radius 2 is 1.79 bits per heavy atom. The van der Waals surface area contributed by atoms with Crippen molar-refractivity contribution in [1.82, 2.24) is 5.43 Å². The summed E-state index contributed by atoms with van der Waals surface area (Å²) in [4.78, 5) is 12.4. The second kappa shape index (κ2) is 7.53. The van der Waals surface area contributed by atoms with Crippen LogP contribution in [0.5, 0.6) is 11.5 Å². The van der Waals surface area contributed by atoms with E-state index in [-0.39, 0.29) is 24.5 Å². The van der Waals surface area contributed by atoms with Crippen LogP contribution in [0, 0.1) is 0 Å². The lowest BCUT2D eigenvalue weighted by atomic mass is 9.93. The molecule has 2 aromatic carbocycles. The molecular weight excluding hydrogens is 332 g/mol. The molecule has 0 aliphatic rings. The first-order valence-electron chi connectivity index (χ1n) is 7.24. The van der Waals surface area contributed by atoms with Crippen LogP contribution in [-0.4, -0.2) is 21.7 Å². The molecule has 0 aromatic heterocycles. The summed E-state index contributed by atoms with van der Waals surface area (Å²) in [6.07, 6.45) is 0.177. The Kier molecular flexibility index (Phi) is 5.66. The Morgan fingerprint density at radius 1 is 1.17 bits per heavy atom. The quantitative estimate of drug-likeness (QED) is 0.276. The topological polar surface area (TPSA) is 105 Å². The highest BCUT2D eigenvalue weighted by Gasteiger charge is 2.34. The van der Waals surface area contributed by atoms with E-state index in [1.54, 1.807) is 37.3 Å². The van der Waals surface area contributed by atoms with E-state index in [1.165, 1.54) is 12.1 Å². The highest BCUT2D eigenvalue weighted by Crippen LogP contribution is 2.27. The largest absolute Gasteiger partial charge is 0.504 e. The molecule has 6 nitrogen and oxygen atoms in total. The maximum atomic E-state index is 12.4. The first kappa shape index (κ1) is 18.1. The van der Waals surface area contributed by atoms with E-state index in [2.05, 4.69) is 5.43 Å². The number of halogens is 1. The number of rotatable bonds is 6. The smallest absolute Gasteiger partial charge is 0.328 e. The standard InChI is InChI=1S/C17H19ClN2O4/c1-17(20-19,9-12-4-7-14(21)15(22)8-12)16(23)24-10-11-2-5-13(18)6-3-11/h2-8,20-22H,9-10,19H2,1H3. The van der Waals surface area contributed by atoms with Crippen LogP contribution < -0.4 is 11.3 Å². The van der Waals surface area contributed by atoms with E-state index in [4.69, 9.17) is 22.2 Å². The fourth-order valence-corrected chi connectivity index (χ4v) is 2.28. The van der Waals surface area contributed by atoms with Gasteiger partial charge in [0.05, 0.1) is 0 Å². The van der Waals surface area contributed by atoms with Gasteiger partial charge in [0.2, 0.25) is 0 Å². The molecule has 0 bridgehead atoms. The van der Waals surface area contributed by atoms with Crippen LogP contribution in [-0.2, 0) is 22.6 Å². The number of hydrazine groups is 1. The van der Waals surface area contributed by atoms with Crippen LogP contribution in [0.3, 0.4) is 0 Å². The predicted octanol–water partition coefficient (Wildman–Crippen LogP) is 2.26.